The molecule has 2 unspecified atom stereocenters. The van der Waals surface area contributed by atoms with E-state index >= 15 is 0 Å². The minimum absolute atomic E-state index is 0.951. The molecule has 2 atom stereocenters. The Labute approximate surface area is 89.1 Å². The van der Waals surface area contributed by atoms with E-state index in [1.165, 1.54) is 45.6 Å². The van der Waals surface area contributed by atoms with Crippen molar-refractivity contribution in [3.05, 3.63) is 0 Å². The predicted molar refractivity (Wildman–Crippen MR) is 62.5 cm³/mol. The molecule has 2 heteroatoms. The van der Waals surface area contributed by atoms with E-state index in [2.05, 4.69) is 17.1 Å². The number of likely N-dealkylation sites (tertiary alicyclic amines) is 1. The summed E-state index contributed by atoms with van der Waals surface area (Å²) in [4.78, 5) is 2.59. The Morgan fingerprint density at radius 2 is 2.00 bits per heavy atom. The van der Waals surface area contributed by atoms with Gasteiger partial charge in [-0.15, -0.1) is 0 Å². The Balaban J connectivity index is 0.000000461. The van der Waals surface area contributed by atoms with Crippen molar-refractivity contribution in [2.45, 2.75) is 33.6 Å². The van der Waals surface area contributed by atoms with Crippen molar-refractivity contribution in [2.24, 2.45) is 11.8 Å². The molecular formula is C12H26N2. The molecule has 2 heterocycles. The van der Waals surface area contributed by atoms with Crippen molar-refractivity contribution in [1.82, 2.24) is 10.2 Å². The fourth-order valence-corrected chi connectivity index (χ4v) is 2.63. The molecule has 2 fully saturated rings. The van der Waals surface area contributed by atoms with Gasteiger partial charge in [-0.1, -0.05) is 20.8 Å². The molecule has 0 aromatic carbocycles. The van der Waals surface area contributed by atoms with Crippen LogP contribution in [-0.2, 0) is 0 Å². The lowest BCUT2D eigenvalue weighted by Gasteiger charge is -2.41. The van der Waals surface area contributed by atoms with Gasteiger partial charge in [0, 0.05) is 6.54 Å². The predicted octanol–water partition coefficient (Wildman–Crippen LogP) is 1.96. The van der Waals surface area contributed by atoms with Gasteiger partial charge in [-0.05, 0) is 50.9 Å². The number of nitrogens with zero attached hydrogens (tertiary/aromatic N) is 1. The van der Waals surface area contributed by atoms with Crippen LogP contribution in [0.3, 0.4) is 0 Å². The van der Waals surface area contributed by atoms with E-state index in [0.29, 0.717) is 0 Å². The van der Waals surface area contributed by atoms with Crippen LogP contribution in [0.1, 0.15) is 33.6 Å². The van der Waals surface area contributed by atoms with Crippen LogP contribution in [0.25, 0.3) is 0 Å². The van der Waals surface area contributed by atoms with E-state index < -0.39 is 0 Å². The van der Waals surface area contributed by atoms with Crippen LogP contribution in [0, 0.1) is 11.8 Å². The molecule has 2 aliphatic heterocycles. The third-order valence-electron chi connectivity index (χ3n) is 3.52. The van der Waals surface area contributed by atoms with Crippen LogP contribution in [0.4, 0.5) is 0 Å². The lowest BCUT2D eigenvalue weighted by Crippen LogP contribution is -2.48. The molecule has 0 aromatic heterocycles. The molecule has 0 aliphatic carbocycles. The van der Waals surface area contributed by atoms with E-state index in [1.807, 2.05) is 13.8 Å². The second-order valence-electron chi connectivity index (χ2n) is 4.19. The van der Waals surface area contributed by atoms with Crippen LogP contribution in [-0.4, -0.2) is 37.6 Å². The lowest BCUT2D eigenvalue weighted by molar-refractivity contribution is 0.100. The highest BCUT2D eigenvalue weighted by molar-refractivity contribution is 4.84. The molecule has 0 radical (unpaired) electrons. The van der Waals surface area contributed by atoms with E-state index in [4.69, 9.17) is 0 Å². The standard InChI is InChI=1S/C10H20N2.C2H6/c1-2-12-6-4-9-3-5-11-7-10(9)8-12;1-2/h9-11H,2-8H2,1H3;1-2H3. The summed E-state index contributed by atoms with van der Waals surface area (Å²) in [7, 11) is 0. The molecule has 0 amide bonds. The highest BCUT2D eigenvalue weighted by atomic mass is 15.1. The largest absolute Gasteiger partial charge is 0.316 e. The van der Waals surface area contributed by atoms with E-state index in [-0.39, 0.29) is 0 Å². The smallest absolute Gasteiger partial charge is 0.00244 e. The quantitative estimate of drug-likeness (QED) is 0.693. The number of hydrogen-bond donors (Lipinski definition) is 1. The Hall–Kier alpha value is -0.0800. The number of fused-ring (bicyclic) bond motifs is 1. The molecule has 0 spiro atoms. The summed E-state index contributed by atoms with van der Waals surface area (Å²) in [6, 6.07) is 0. The minimum atomic E-state index is 0.951. The zero-order chi connectivity index (χ0) is 10.4. The van der Waals surface area contributed by atoms with Crippen LogP contribution >= 0.6 is 0 Å². The summed E-state index contributed by atoms with van der Waals surface area (Å²) < 4.78 is 0. The van der Waals surface area contributed by atoms with Gasteiger partial charge >= 0.3 is 0 Å². The van der Waals surface area contributed by atoms with Gasteiger partial charge in [0.25, 0.3) is 0 Å². The fraction of sp³-hybridized carbons (Fsp3) is 1.00. The SMILES string of the molecule is CC.CCN1CCC2CCNCC2C1. The average Bonchev–Trinajstić information content (AvgIpc) is 2.31. The third-order valence-corrected chi connectivity index (χ3v) is 3.52. The van der Waals surface area contributed by atoms with E-state index in [0.717, 1.165) is 11.8 Å². The topological polar surface area (TPSA) is 15.3 Å². The van der Waals surface area contributed by atoms with Crippen LogP contribution in [0.5, 0.6) is 0 Å². The first-order valence-corrected chi connectivity index (χ1v) is 6.33. The molecule has 2 saturated heterocycles. The summed E-state index contributed by atoms with van der Waals surface area (Å²) in [5, 5.41) is 3.50. The number of piperidine rings is 2. The zero-order valence-electron chi connectivity index (χ0n) is 10.1. The number of hydrogen-bond acceptors (Lipinski definition) is 2. The van der Waals surface area contributed by atoms with Gasteiger partial charge in [0.1, 0.15) is 0 Å². The Kier molecular flexibility index (Phi) is 5.49. The van der Waals surface area contributed by atoms with Gasteiger partial charge < -0.3 is 10.2 Å². The lowest BCUT2D eigenvalue weighted by atomic mass is 9.81. The van der Waals surface area contributed by atoms with Gasteiger partial charge in [0.05, 0.1) is 0 Å². The maximum Gasteiger partial charge on any atom is 0.00244 e. The van der Waals surface area contributed by atoms with Crippen molar-refractivity contribution >= 4 is 0 Å². The summed E-state index contributed by atoms with van der Waals surface area (Å²) in [6.07, 6.45) is 2.86. The Morgan fingerprint density at radius 1 is 1.21 bits per heavy atom. The van der Waals surface area contributed by atoms with Crippen molar-refractivity contribution < 1.29 is 0 Å². The monoisotopic (exact) mass is 198 g/mol. The van der Waals surface area contributed by atoms with Crippen molar-refractivity contribution in [1.29, 1.82) is 0 Å². The molecule has 0 bridgehead atoms. The summed E-state index contributed by atoms with van der Waals surface area (Å²) in [5.41, 5.74) is 0. The molecule has 84 valence electrons. The first-order chi connectivity index (χ1) is 6.90. The molecule has 2 nitrogen and oxygen atoms in total. The first kappa shape index (κ1) is 12.0. The van der Waals surface area contributed by atoms with Crippen molar-refractivity contribution in [2.75, 3.05) is 32.7 Å². The van der Waals surface area contributed by atoms with Gasteiger partial charge in [-0.2, -0.15) is 0 Å². The molecule has 0 saturated carbocycles. The maximum atomic E-state index is 3.50. The normalized spacial score (nSPS) is 32.8. The zero-order valence-corrected chi connectivity index (χ0v) is 10.1. The summed E-state index contributed by atoms with van der Waals surface area (Å²) >= 11 is 0. The highest BCUT2D eigenvalue weighted by Gasteiger charge is 2.29. The second kappa shape index (κ2) is 6.41. The van der Waals surface area contributed by atoms with Crippen molar-refractivity contribution in [3.8, 4) is 0 Å². The summed E-state index contributed by atoms with van der Waals surface area (Å²) in [5.74, 6) is 1.99. The summed E-state index contributed by atoms with van der Waals surface area (Å²) in [6.45, 7) is 12.7. The molecule has 2 aliphatic rings. The number of nitrogens with one attached hydrogen (secondary N) is 1. The molecule has 0 aromatic rings. The Morgan fingerprint density at radius 3 is 2.71 bits per heavy atom. The van der Waals surface area contributed by atoms with Crippen LogP contribution < -0.4 is 5.32 Å². The van der Waals surface area contributed by atoms with Gasteiger partial charge in [0.15, 0.2) is 0 Å². The minimum Gasteiger partial charge on any atom is -0.316 e. The molecule has 1 N–H and O–H groups in total. The average molecular weight is 198 g/mol. The van der Waals surface area contributed by atoms with Crippen LogP contribution in [0.15, 0.2) is 0 Å². The van der Waals surface area contributed by atoms with Gasteiger partial charge in [-0.3, -0.25) is 0 Å². The van der Waals surface area contributed by atoms with E-state index in [9.17, 15) is 0 Å². The second-order valence-corrected chi connectivity index (χ2v) is 4.19. The highest BCUT2D eigenvalue weighted by Crippen LogP contribution is 2.27. The molecular weight excluding hydrogens is 172 g/mol. The van der Waals surface area contributed by atoms with Gasteiger partial charge in [-0.25, -0.2) is 0 Å². The van der Waals surface area contributed by atoms with Crippen molar-refractivity contribution in [3.63, 3.8) is 0 Å². The maximum absolute atomic E-state index is 3.50. The van der Waals surface area contributed by atoms with Gasteiger partial charge in [0.2, 0.25) is 0 Å². The third kappa shape index (κ3) is 2.96. The van der Waals surface area contributed by atoms with E-state index in [1.54, 1.807) is 0 Å². The fourth-order valence-electron chi connectivity index (χ4n) is 2.63. The Bertz CT molecular complexity index is 147. The first-order valence-electron chi connectivity index (χ1n) is 6.33. The molecule has 2 rings (SSSR count). The molecule has 14 heavy (non-hydrogen) atoms. The number of rotatable bonds is 1. The van der Waals surface area contributed by atoms with Crippen LogP contribution in [0.2, 0.25) is 0 Å².